The SMILES string of the molecule is NC(=O)C(O)CNc1nc(Cl)nc(-n2cccn2)n1. The number of aliphatic hydroxyl groups is 1. The van der Waals surface area contributed by atoms with E-state index >= 15 is 0 Å². The third-order valence-corrected chi connectivity index (χ3v) is 2.26. The molecule has 2 aromatic heterocycles. The van der Waals surface area contributed by atoms with Crippen LogP contribution in [0.25, 0.3) is 5.95 Å². The summed E-state index contributed by atoms with van der Waals surface area (Å²) in [6.07, 6.45) is 1.85. The van der Waals surface area contributed by atoms with Gasteiger partial charge < -0.3 is 16.2 Å². The van der Waals surface area contributed by atoms with Gasteiger partial charge in [0.25, 0.3) is 5.95 Å². The van der Waals surface area contributed by atoms with Crippen molar-refractivity contribution < 1.29 is 9.90 Å². The largest absolute Gasteiger partial charge is 0.381 e. The number of nitrogens with one attached hydrogen (secondary N) is 1. The van der Waals surface area contributed by atoms with E-state index in [1.54, 1.807) is 18.5 Å². The maximum absolute atomic E-state index is 10.7. The Labute approximate surface area is 112 Å². The fraction of sp³-hybridized carbons (Fsp3) is 0.222. The van der Waals surface area contributed by atoms with Crippen LogP contribution in [-0.2, 0) is 4.79 Å². The van der Waals surface area contributed by atoms with Gasteiger partial charge in [-0.25, -0.2) is 4.68 Å². The van der Waals surface area contributed by atoms with Crippen molar-refractivity contribution in [3.63, 3.8) is 0 Å². The fourth-order valence-electron chi connectivity index (χ4n) is 1.20. The molecule has 0 spiro atoms. The molecule has 0 aliphatic carbocycles. The van der Waals surface area contributed by atoms with Crippen molar-refractivity contribution in [2.24, 2.45) is 5.73 Å². The van der Waals surface area contributed by atoms with E-state index in [2.05, 4.69) is 25.4 Å². The lowest BCUT2D eigenvalue weighted by atomic mass is 10.3. The molecule has 0 bridgehead atoms. The summed E-state index contributed by atoms with van der Waals surface area (Å²) >= 11 is 5.75. The number of carbonyl (C=O) groups excluding carboxylic acids is 1. The molecule has 0 saturated heterocycles. The number of nitrogens with two attached hydrogens (primary N) is 1. The molecule has 1 amide bonds. The lowest BCUT2D eigenvalue weighted by molar-refractivity contribution is -0.125. The molecule has 2 aromatic rings. The van der Waals surface area contributed by atoms with Crippen LogP contribution >= 0.6 is 11.6 Å². The monoisotopic (exact) mass is 283 g/mol. The summed E-state index contributed by atoms with van der Waals surface area (Å²) in [5.41, 5.74) is 4.91. The topological polar surface area (TPSA) is 132 Å². The van der Waals surface area contributed by atoms with Crippen LogP contribution in [0.1, 0.15) is 0 Å². The molecule has 0 fully saturated rings. The second-order valence-electron chi connectivity index (χ2n) is 3.48. The van der Waals surface area contributed by atoms with E-state index < -0.39 is 12.0 Å². The molecule has 0 radical (unpaired) electrons. The normalized spacial score (nSPS) is 12.1. The average Bonchev–Trinajstić information content (AvgIpc) is 2.89. The summed E-state index contributed by atoms with van der Waals surface area (Å²) in [4.78, 5) is 22.4. The summed E-state index contributed by atoms with van der Waals surface area (Å²) < 4.78 is 1.39. The molecule has 1 atom stereocenters. The van der Waals surface area contributed by atoms with Gasteiger partial charge >= 0.3 is 0 Å². The highest BCUT2D eigenvalue weighted by molar-refractivity contribution is 6.28. The minimum Gasteiger partial charge on any atom is -0.381 e. The third-order valence-electron chi connectivity index (χ3n) is 2.09. The van der Waals surface area contributed by atoms with Crippen LogP contribution in [0.4, 0.5) is 5.95 Å². The molecule has 0 aromatic carbocycles. The lowest BCUT2D eigenvalue weighted by Gasteiger charge is -2.09. The molecule has 100 valence electrons. The zero-order chi connectivity index (χ0) is 13.8. The number of amides is 1. The van der Waals surface area contributed by atoms with Gasteiger partial charge in [0.05, 0.1) is 6.54 Å². The second kappa shape index (κ2) is 5.59. The Balaban J connectivity index is 2.16. The van der Waals surface area contributed by atoms with E-state index in [0.717, 1.165) is 0 Å². The predicted octanol–water partition coefficient (Wildman–Crippen LogP) is -1.03. The fourth-order valence-corrected chi connectivity index (χ4v) is 1.35. The molecule has 2 rings (SSSR count). The van der Waals surface area contributed by atoms with Crippen molar-refractivity contribution in [3.8, 4) is 5.95 Å². The Morgan fingerprint density at radius 2 is 2.32 bits per heavy atom. The molecule has 2 heterocycles. The van der Waals surface area contributed by atoms with Crippen LogP contribution < -0.4 is 11.1 Å². The van der Waals surface area contributed by atoms with Gasteiger partial charge in [-0.15, -0.1) is 0 Å². The molecule has 4 N–H and O–H groups in total. The van der Waals surface area contributed by atoms with Crippen LogP contribution in [0.15, 0.2) is 18.5 Å². The molecule has 0 aliphatic rings. The van der Waals surface area contributed by atoms with Gasteiger partial charge in [-0.05, 0) is 17.7 Å². The number of carbonyl (C=O) groups is 1. The van der Waals surface area contributed by atoms with Gasteiger partial charge in [-0.3, -0.25) is 4.79 Å². The number of primary amides is 1. The van der Waals surface area contributed by atoms with Gasteiger partial charge in [0.1, 0.15) is 6.10 Å². The minimum absolute atomic E-state index is 0.0448. The lowest BCUT2D eigenvalue weighted by Crippen LogP contribution is -2.34. The van der Waals surface area contributed by atoms with Gasteiger partial charge in [0, 0.05) is 12.4 Å². The van der Waals surface area contributed by atoms with E-state index in [4.69, 9.17) is 17.3 Å². The standard InChI is InChI=1S/C9H10ClN7O2/c10-7-14-8(12-4-5(18)6(11)19)16-9(15-7)17-3-1-2-13-17/h1-3,5,18H,4H2,(H2,11,19)(H,12,14,15,16). The van der Waals surface area contributed by atoms with Crippen molar-refractivity contribution >= 4 is 23.5 Å². The Kier molecular flexibility index (Phi) is 3.88. The number of anilines is 1. The first-order valence-corrected chi connectivity index (χ1v) is 5.57. The van der Waals surface area contributed by atoms with E-state index in [9.17, 15) is 9.90 Å². The predicted molar refractivity (Wildman–Crippen MR) is 65.6 cm³/mol. The zero-order valence-electron chi connectivity index (χ0n) is 9.56. The highest BCUT2D eigenvalue weighted by Gasteiger charge is 2.12. The number of hydrogen-bond donors (Lipinski definition) is 3. The third kappa shape index (κ3) is 3.36. The molecular weight excluding hydrogens is 274 g/mol. The molecule has 1 unspecified atom stereocenters. The number of nitrogens with zero attached hydrogens (tertiary/aromatic N) is 5. The highest BCUT2D eigenvalue weighted by atomic mass is 35.5. The Morgan fingerprint density at radius 3 is 2.95 bits per heavy atom. The Hall–Kier alpha value is -2.26. The molecule has 0 saturated carbocycles. The number of halogens is 1. The van der Waals surface area contributed by atoms with Crippen molar-refractivity contribution in [2.45, 2.75) is 6.10 Å². The minimum atomic E-state index is -1.34. The summed E-state index contributed by atoms with van der Waals surface area (Å²) in [5, 5.41) is 15.8. The average molecular weight is 284 g/mol. The summed E-state index contributed by atoms with van der Waals surface area (Å²) in [6.45, 7) is -0.131. The second-order valence-corrected chi connectivity index (χ2v) is 3.82. The first kappa shape index (κ1) is 13.2. The summed E-state index contributed by atoms with van der Waals surface area (Å²) in [7, 11) is 0. The molecule has 9 nitrogen and oxygen atoms in total. The molecule has 19 heavy (non-hydrogen) atoms. The van der Waals surface area contributed by atoms with Crippen LogP contribution in [0.5, 0.6) is 0 Å². The van der Waals surface area contributed by atoms with Crippen molar-refractivity contribution in [1.29, 1.82) is 0 Å². The maximum atomic E-state index is 10.7. The van der Waals surface area contributed by atoms with Crippen LogP contribution in [0, 0.1) is 0 Å². The Morgan fingerprint density at radius 1 is 1.53 bits per heavy atom. The van der Waals surface area contributed by atoms with E-state index in [1.807, 2.05) is 0 Å². The van der Waals surface area contributed by atoms with Gasteiger partial charge in [0.15, 0.2) is 0 Å². The number of aliphatic hydroxyl groups excluding tert-OH is 1. The number of hydrogen-bond acceptors (Lipinski definition) is 7. The zero-order valence-corrected chi connectivity index (χ0v) is 10.3. The quantitative estimate of drug-likeness (QED) is 0.639. The van der Waals surface area contributed by atoms with Gasteiger partial charge in [-0.1, -0.05) is 0 Å². The Bertz CT molecular complexity index is 574. The van der Waals surface area contributed by atoms with Gasteiger partial charge in [-0.2, -0.15) is 20.1 Å². The van der Waals surface area contributed by atoms with Crippen LogP contribution in [-0.4, -0.2) is 48.4 Å². The van der Waals surface area contributed by atoms with Crippen LogP contribution in [0.2, 0.25) is 5.28 Å². The molecular formula is C9H10ClN7O2. The first-order chi connectivity index (χ1) is 9.06. The molecule has 10 heteroatoms. The van der Waals surface area contributed by atoms with E-state index in [1.165, 1.54) is 4.68 Å². The smallest absolute Gasteiger partial charge is 0.256 e. The summed E-state index contributed by atoms with van der Waals surface area (Å²) in [6, 6.07) is 1.70. The van der Waals surface area contributed by atoms with Crippen LogP contribution in [0.3, 0.4) is 0 Å². The summed E-state index contributed by atoms with van der Waals surface area (Å²) in [5.74, 6) is -0.535. The van der Waals surface area contributed by atoms with Crippen molar-refractivity contribution in [3.05, 3.63) is 23.7 Å². The van der Waals surface area contributed by atoms with E-state index in [0.29, 0.717) is 0 Å². The van der Waals surface area contributed by atoms with Gasteiger partial charge in [0.2, 0.25) is 17.1 Å². The van der Waals surface area contributed by atoms with E-state index in [-0.39, 0.29) is 23.7 Å². The van der Waals surface area contributed by atoms with Crippen molar-refractivity contribution in [2.75, 3.05) is 11.9 Å². The molecule has 0 aliphatic heterocycles. The maximum Gasteiger partial charge on any atom is 0.256 e. The first-order valence-electron chi connectivity index (χ1n) is 5.19. The highest BCUT2D eigenvalue weighted by Crippen LogP contribution is 2.08. The number of rotatable bonds is 5. The van der Waals surface area contributed by atoms with Crippen molar-refractivity contribution in [1.82, 2.24) is 24.7 Å². The number of aromatic nitrogens is 5.